The van der Waals surface area contributed by atoms with Crippen LogP contribution >= 0.6 is 0 Å². The maximum Gasteiger partial charge on any atom is 0.214 e. The van der Waals surface area contributed by atoms with Crippen molar-refractivity contribution in [3.8, 4) is 0 Å². The molecule has 0 aliphatic carbocycles. The molecule has 0 radical (unpaired) electrons. The molecule has 0 bridgehead atoms. The van der Waals surface area contributed by atoms with Crippen molar-refractivity contribution in [3.63, 3.8) is 0 Å². The van der Waals surface area contributed by atoms with Crippen molar-refractivity contribution in [2.75, 3.05) is 18.8 Å². The zero-order valence-corrected chi connectivity index (χ0v) is 11.0. The summed E-state index contributed by atoms with van der Waals surface area (Å²) in [6.07, 6.45) is 2.61. The summed E-state index contributed by atoms with van der Waals surface area (Å²) in [4.78, 5) is 0. The minimum Gasteiger partial charge on any atom is -0.212 e. The third-order valence-corrected chi connectivity index (χ3v) is 5.30. The lowest BCUT2D eigenvalue weighted by molar-refractivity contribution is 0.386. The molecule has 0 aromatic heterocycles. The first-order chi connectivity index (χ1) is 8.09. The summed E-state index contributed by atoms with van der Waals surface area (Å²) in [5.74, 6) is 0.320. The molecule has 1 aliphatic heterocycles. The second-order valence-corrected chi connectivity index (χ2v) is 6.69. The first kappa shape index (κ1) is 12.6. The predicted molar refractivity (Wildman–Crippen MR) is 69.5 cm³/mol. The van der Waals surface area contributed by atoms with E-state index in [-0.39, 0.29) is 0 Å². The van der Waals surface area contributed by atoms with Crippen LogP contribution in [-0.4, -0.2) is 31.6 Å². The van der Waals surface area contributed by atoms with Crippen LogP contribution in [0.2, 0.25) is 0 Å². The molecule has 4 heteroatoms. The van der Waals surface area contributed by atoms with Gasteiger partial charge in [-0.1, -0.05) is 24.3 Å². The van der Waals surface area contributed by atoms with Crippen LogP contribution in [0.1, 0.15) is 24.0 Å². The highest BCUT2D eigenvalue weighted by molar-refractivity contribution is 7.89. The molecular formula is C13H19NO2S. The van der Waals surface area contributed by atoms with Crippen molar-refractivity contribution in [3.05, 3.63) is 35.4 Å². The molecule has 0 spiro atoms. The highest BCUT2D eigenvalue weighted by atomic mass is 32.2. The molecule has 0 N–H and O–H groups in total. The standard InChI is InChI=1S/C13H19NO2S/c1-12-6-2-3-7-13(12)8-10-14-9-4-5-11-17(14,15)16/h2-3,6-7H,4-5,8-11H2,1H3. The monoisotopic (exact) mass is 253 g/mol. The van der Waals surface area contributed by atoms with Gasteiger partial charge in [-0.05, 0) is 37.3 Å². The second kappa shape index (κ2) is 5.19. The number of hydrogen-bond donors (Lipinski definition) is 0. The van der Waals surface area contributed by atoms with Crippen molar-refractivity contribution < 1.29 is 8.42 Å². The SMILES string of the molecule is Cc1ccccc1CCN1CCCCS1(=O)=O. The Labute approximate surface area is 104 Å². The fourth-order valence-corrected chi connectivity index (χ4v) is 3.83. The number of benzene rings is 1. The minimum absolute atomic E-state index is 0.320. The van der Waals surface area contributed by atoms with Crippen LogP contribution in [0.25, 0.3) is 0 Å². The number of sulfonamides is 1. The minimum atomic E-state index is -2.97. The molecule has 1 fully saturated rings. The molecule has 0 unspecified atom stereocenters. The van der Waals surface area contributed by atoms with E-state index < -0.39 is 10.0 Å². The molecule has 1 aliphatic rings. The molecule has 1 heterocycles. The largest absolute Gasteiger partial charge is 0.214 e. The van der Waals surface area contributed by atoms with E-state index in [2.05, 4.69) is 19.1 Å². The summed E-state index contributed by atoms with van der Waals surface area (Å²) in [5, 5.41) is 0. The van der Waals surface area contributed by atoms with E-state index in [1.165, 1.54) is 11.1 Å². The lowest BCUT2D eigenvalue weighted by Gasteiger charge is -2.26. The van der Waals surface area contributed by atoms with Crippen LogP contribution in [0.4, 0.5) is 0 Å². The van der Waals surface area contributed by atoms with Gasteiger partial charge in [0, 0.05) is 13.1 Å². The van der Waals surface area contributed by atoms with E-state index in [1.54, 1.807) is 4.31 Å². The van der Waals surface area contributed by atoms with Crippen molar-refractivity contribution in [2.24, 2.45) is 0 Å². The Hall–Kier alpha value is -0.870. The summed E-state index contributed by atoms with van der Waals surface area (Å²) < 4.78 is 25.3. The lowest BCUT2D eigenvalue weighted by atomic mass is 10.1. The Kier molecular flexibility index (Phi) is 3.84. The van der Waals surface area contributed by atoms with Crippen LogP contribution in [0.5, 0.6) is 0 Å². The normalized spacial score (nSPS) is 20.3. The van der Waals surface area contributed by atoms with Gasteiger partial charge < -0.3 is 0 Å². The molecule has 2 rings (SSSR count). The van der Waals surface area contributed by atoms with Crippen LogP contribution in [0, 0.1) is 6.92 Å². The third kappa shape index (κ3) is 3.07. The molecule has 3 nitrogen and oxygen atoms in total. The number of aryl methyl sites for hydroxylation is 1. The van der Waals surface area contributed by atoms with Crippen molar-refractivity contribution in [2.45, 2.75) is 26.2 Å². The summed E-state index contributed by atoms with van der Waals surface area (Å²) in [7, 11) is -2.97. The molecule has 17 heavy (non-hydrogen) atoms. The van der Waals surface area contributed by atoms with E-state index in [4.69, 9.17) is 0 Å². The first-order valence-corrected chi connectivity index (χ1v) is 7.73. The highest BCUT2D eigenvalue weighted by Gasteiger charge is 2.25. The van der Waals surface area contributed by atoms with Crippen LogP contribution in [0.15, 0.2) is 24.3 Å². The second-order valence-electron chi connectivity index (χ2n) is 4.60. The Morgan fingerprint density at radius 1 is 1.24 bits per heavy atom. The summed E-state index contributed by atoms with van der Waals surface area (Å²) in [6, 6.07) is 8.16. The fourth-order valence-electron chi connectivity index (χ4n) is 2.23. The Balaban J connectivity index is 2.01. The van der Waals surface area contributed by atoms with E-state index in [0.29, 0.717) is 18.8 Å². The number of rotatable bonds is 3. The van der Waals surface area contributed by atoms with E-state index in [1.807, 2.05) is 12.1 Å². The van der Waals surface area contributed by atoms with Crippen LogP contribution in [-0.2, 0) is 16.4 Å². The molecule has 94 valence electrons. The molecule has 0 saturated carbocycles. The molecule has 1 saturated heterocycles. The Bertz CT molecular complexity index is 482. The van der Waals surface area contributed by atoms with Gasteiger partial charge in [-0.15, -0.1) is 0 Å². The summed E-state index contributed by atoms with van der Waals surface area (Å²) in [6.45, 7) is 3.38. The van der Waals surface area contributed by atoms with Gasteiger partial charge in [-0.25, -0.2) is 12.7 Å². The smallest absolute Gasteiger partial charge is 0.212 e. The highest BCUT2D eigenvalue weighted by Crippen LogP contribution is 2.15. The van der Waals surface area contributed by atoms with E-state index >= 15 is 0 Å². The number of nitrogens with zero attached hydrogens (tertiary/aromatic N) is 1. The van der Waals surface area contributed by atoms with Gasteiger partial charge in [-0.3, -0.25) is 0 Å². The van der Waals surface area contributed by atoms with E-state index in [9.17, 15) is 8.42 Å². The zero-order valence-electron chi connectivity index (χ0n) is 10.2. The van der Waals surface area contributed by atoms with Gasteiger partial charge in [0.1, 0.15) is 0 Å². The van der Waals surface area contributed by atoms with Crippen LogP contribution < -0.4 is 0 Å². The maximum atomic E-state index is 11.8. The van der Waals surface area contributed by atoms with Crippen molar-refractivity contribution >= 4 is 10.0 Å². The zero-order chi connectivity index (χ0) is 12.3. The molecule has 1 aromatic carbocycles. The van der Waals surface area contributed by atoms with Gasteiger partial charge in [0.2, 0.25) is 10.0 Å². The van der Waals surface area contributed by atoms with Gasteiger partial charge >= 0.3 is 0 Å². The average molecular weight is 253 g/mol. The summed E-state index contributed by atoms with van der Waals surface area (Å²) >= 11 is 0. The topological polar surface area (TPSA) is 37.4 Å². The first-order valence-electron chi connectivity index (χ1n) is 6.12. The van der Waals surface area contributed by atoms with Gasteiger partial charge in [0.05, 0.1) is 5.75 Å². The average Bonchev–Trinajstić information content (AvgIpc) is 2.29. The van der Waals surface area contributed by atoms with Gasteiger partial charge in [0.25, 0.3) is 0 Å². The van der Waals surface area contributed by atoms with Gasteiger partial charge in [0.15, 0.2) is 0 Å². The third-order valence-electron chi connectivity index (χ3n) is 3.34. The summed E-state index contributed by atoms with van der Waals surface area (Å²) in [5.41, 5.74) is 2.48. The Morgan fingerprint density at radius 3 is 2.71 bits per heavy atom. The van der Waals surface area contributed by atoms with Crippen molar-refractivity contribution in [1.29, 1.82) is 0 Å². The predicted octanol–water partition coefficient (Wildman–Crippen LogP) is 1.96. The molecule has 1 aromatic rings. The molecular weight excluding hydrogens is 234 g/mol. The van der Waals surface area contributed by atoms with Crippen LogP contribution in [0.3, 0.4) is 0 Å². The van der Waals surface area contributed by atoms with E-state index in [0.717, 1.165) is 19.3 Å². The Morgan fingerprint density at radius 2 is 2.00 bits per heavy atom. The van der Waals surface area contributed by atoms with Crippen molar-refractivity contribution in [1.82, 2.24) is 4.31 Å². The number of hydrogen-bond acceptors (Lipinski definition) is 2. The molecule has 0 amide bonds. The van der Waals surface area contributed by atoms with Gasteiger partial charge in [-0.2, -0.15) is 0 Å². The quantitative estimate of drug-likeness (QED) is 0.826. The molecule has 0 atom stereocenters. The maximum absolute atomic E-state index is 11.8. The fraction of sp³-hybridized carbons (Fsp3) is 0.538. The lowest BCUT2D eigenvalue weighted by Crippen LogP contribution is -2.39.